The smallest absolute Gasteiger partial charge is 0.308 e. The van der Waals surface area contributed by atoms with Gasteiger partial charge in [0.1, 0.15) is 13.4 Å². The molecule has 0 aromatic heterocycles. The maximum atomic E-state index is 12.5. The number of hydrogen-bond acceptors (Lipinski definition) is 5. The van der Waals surface area contributed by atoms with Crippen molar-refractivity contribution in [2.45, 2.75) is 50.8 Å². The van der Waals surface area contributed by atoms with E-state index in [1.807, 2.05) is 103 Å². The second kappa shape index (κ2) is 13.6. The van der Waals surface area contributed by atoms with Gasteiger partial charge in [-0.1, -0.05) is 103 Å². The minimum Gasteiger partial charge on any atom is -0.461 e. The first-order valence-electron chi connectivity index (χ1n) is 12.1. The summed E-state index contributed by atoms with van der Waals surface area (Å²) in [5.74, 6) is -0.273. The molecule has 182 valence electrons. The molecule has 0 radical (unpaired) electrons. The van der Waals surface area contributed by atoms with Crippen LogP contribution in [0.1, 0.15) is 36.0 Å². The van der Waals surface area contributed by atoms with Gasteiger partial charge in [0, 0.05) is 12.8 Å². The van der Waals surface area contributed by atoms with Gasteiger partial charge in [-0.2, -0.15) is 0 Å². The summed E-state index contributed by atoms with van der Waals surface area (Å²) >= 11 is 0. The van der Waals surface area contributed by atoms with E-state index in [4.69, 9.17) is 18.9 Å². The molecule has 3 aromatic carbocycles. The van der Waals surface area contributed by atoms with Crippen LogP contribution in [0.5, 0.6) is 0 Å². The number of carbonyl (C=O) groups excluding carboxylic acids is 1. The van der Waals surface area contributed by atoms with Crippen molar-refractivity contribution >= 4 is 12.0 Å². The van der Waals surface area contributed by atoms with Crippen molar-refractivity contribution in [3.63, 3.8) is 0 Å². The van der Waals surface area contributed by atoms with Gasteiger partial charge in [-0.3, -0.25) is 4.79 Å². The van der Waals surface area contributed by atoms with Crippen LogP contribution in [-0.4, -0.2) is 31.1 Å². The van der Waals surface area contributed by atoms with Crippen molar-refractivity contribution in [3.05, 3.63) is 114 Å². The molecule has 0 bridgehead atoms. The summed E-state index contributed by atoms with van der Waals surface area (Å²) in [6, 6.07) is 29.8. The van der Waals surface area contributed by atoms with E-state index in [0.29, 0.717) is 19.4 Å². The molecule has 0 saturated carbocycles. The summed E-state index contributed by atoms with van der Waals surface area (Å²) in [6.07, 6.45) is 5.08. The SMILES string of the molecule is O=C(C[C@H]1C[C@@H](OCOCc2ccccc2)C[C@@H](/C=C/c2ccccc2)O1)OCc1ccccc1. The zero-order chi connectivity index (χ0) is 24.1. The molecule has 5 heteroatoms. The van der Waals surface area contributed by atoms with Crippen LogP contribution in [0.4, 0.5) is 0 Å². The fourth-order valence-electron chi connectivity index (χ4n) is 4.04. The standard InChI is InChI=1S/C30H32O5/c31-30(33-22-26-14-8-3-9-15-26)20-29-19-28(34-23-32-21-25-12-6-2-7-13-25)18-27(35-29)17-16-24-10-4-1-5-11-24/h1-17,27-29H,18-23H2/b17-16+/t27-,28+,29-/m1/s1. The Balaban J connectivity index is 1.30. The van der Waals surface area contributed by atoms with Gasteiger partial charge < -0.3 is 18.9 Å². The third-order valence-corrected chi connectivity index (χ3v) is 5.83. The molecule has 0 aliphatic carbocycles. The first kappa shape index (κ1) is 24.9. The largest absolute Gasteiger partial charge is 0.461 e. The van der Waals surface area contributed by atoms with Gasteiger partial charge in [0.25, 0.3) is 0 Å². The van der Waals surface area contributed by atoms with E-state index in [-0.39, 0.29) is 44.1 Å². The van der Waals surface area contributed by atoms with Gasteiger partial charge in [-0.05, 0) is 16.7 Å². The molecule has 0 spiro atoms. The lowest BCUT2D eigenvalue weighted by Crippen LogP contribution is -2.38. The van der Waals surface area contributed by atoms with E-state index in [1.54, 1.807) is 0 Å². The Morgan fingerprint density at radius 3 is 2.14 bits per heavy atom. The molecule has 1 saturated heterocycles. The predicted molar refractivity (Wildman–Crippen MR) is 135 cm³/mol. The van der Waals surface area contributed by atoms with Gasteiger partial charge in [0.15, 0.2) is 0 Å². The minimum absolute atomic E-state index is 0.0723. The van der Waals surface area contributed by atoms with Gasteiger partial charge in [-0.15, -0.1) is 0 Å². The lowest BCUT2D eigenvalue weighted by molar-refractivity contribution is -0.163. The third kappa shape index (κ3) is 8.80. The van der Waals surface area contributed by atoms with Crippen molar-refractivity contribution < 1.29 is 23.7 Å². The Bertz CT molecular complexity index is 1040. The highest BCUT2D eigenvalue weighted by Gasteiger charge is 2.31. The van der Waals surface area contributed by atoms with Crippen molar-refractivity contribution in [1.82, 2.24) is 0 Å². The second-order valence-electron chi connectivity index (χ2n) is 8.63. The van der Waals surface area contributed by atoms with Crippen LogP contribution in [-0.2, 0) is 37.0 Å². The quantitative estimate of drug-likeness (QED) is 0.196. The fourth-order valence-corrected chi connectivity index (χ4v) is 4.04. The van der Waals surface area contributed by atoms with Crippen molar-refractivity contribution in [2.24, 2.45) is 0 Å². The average Bonchev–Trinajstić information content (AvgIpc) is 2.90. The predicted octanol–water partition coefficient (Wildman–Crippen LogP) is 5.94. The molecule has 4 rings (SSSR count). The fraction of sp³-hybridized carbons (Fsp3) is 0.300. The summed E-state index contributed by atoms with van der Waals surface area (Å²) in [6.45, 7) is 0.952. The van der Waals surface area contributed by atoms with Crippen LogP contribution in [0.3, 0.4) is 0 Å². The second-order valence-corrected chi connectivity index (χ2v) is 8.63. The molecule has 35 heavy (non-hydrogen) atoms. The monoisotopic (exact) mass is 472 g/mol. The van der Waals surface area contributed by atoms with Crippen LogP contribution in [0.2, 0.25) is 0 Å². The summed E-state index contributed by atoms with van der Waals surface area (Å²) in [4.78, 5) is 12.5. The molecule has 0 N–H and O–H groups in total. The number of carbonyl (C=O) groups is 1. The molecular formula is C30H32O5. The minimum atomic E-state index is -0.281. The molecule has 5 nitrogen and oxygen atoms in total. The number of rotatable bonds is 11. The van der Waals surface area contributed by atoms with Gasteiger partial charge in [-0.25, -0.2) is 0 Å². The summed E-state index contributed by atoms with van der Waals surface area (Å²) < 4.78 is 23.5. The average molecular weight is 473 g/mol. The Labute approximate surface area is 207 Å². The highest BCUT2D eigenvalue weighted by molar-refractivity contribution is 5.70. The summed E-state index contributed by atoms with van der Waals surface area (Å²) in [5.41, 5.74) is 3.17. The van der Waals surface area contributed by atoms with E-state index < -0.39 is 0 Å². The number of esters is 1. The molecule has 3 atom stereocenters. The number of ether oxygens (including phenoxy) is 4. The number of benzene rings is 3. The molecular weight excluding hydrogens is 440 g/mol. The zero-order valence-electron chi connectivity index (χ0n) is 19.8. The van der Waals surface area contributed by atoms with Crippen LogP contribution in [0.15, 0.2) is 97.1 Å². The number of hydrogen-bond donors (Lipinski definition) is 0. The van der Waals surface area contributed by atoms with E-state index in [2.05, 4.69) is 0 Å². The molecule has 0 amide bonds. The van der Waals surface area contributed by atoms with Crippen molar-refractivity contribution in [3.8, 4) is 0 Å². The third-order valence-electron chi connectivity index (χ3n) is 5.83. The molecule has 3 aromatic rings. The molecule has 1 fully saturated rings. The van der Waals surface area contributed by atoms with Crippen molar-refractivity contribution in [1.29, 1.82) is 0 Å². The first-order valence-corrected chi connectivity index (χ1v) is 12.1. The molecule has 1 aliphatic heterocycles. The first-order chi connectivity index (χ1) is 17.2. The van der Waals surface area contributed by atoms with Gasteiger partial charge >= 0.3 is 5.97 Å². The highest BCUT2D eigenvalue weighted by atomic mass is 16.7. The van der Waals surface area contributed by atoms with E-state index in [0.717, 1.165) is 16.7 Å². The molecule has 0 unspecified atom stereocenters. The van der Waals surface area contributed by atoms with Crippen LogP contribution < -0.4 is 0 Å². The normalized spacial score (nSPS) is 20.1. The van der Waals surface area contributed by atoms with Gasteiger partial charge in [0.05, 0.1) is 31.3 Å². The van der Waals surface area contributed by atoms with Crippen LogP contribution in [0.25, 0.3) is 6.08 Å². The summed E-state index contributed by atoms with van der Waals surface area (Å²) in [5, 5.41) is 0. The molecule has 1 aliphatic rings. The van der Waals surface area contributed by atoms with Crippen LogP contribution in [0, 0.1) is 0 Å². The lowest BCUT2D eigenvalue weighted by Gasteiger charge is -2.33. The summed E-state index contributed by atoms with van der Waals surface area (Å²) in [7, 11) is 0. The Morgan fingerprint density at radius 1 is 0.829 bits per heavy atom. The maximum absolute atomic E-state index is 12.5. The maximum Gasteiger partial charge on any atom is 0.308 e. The zero-order valence-corrected chi connectivity index (χ0v) is 19.8. The van der Waals surface area contributed by atoms with Crippen LogP contribution >= 0.6 is 0 Å². The highest BCUT2D eigenvalue weighted by Crippen LogP contribution is 2.26. The molecule has 1 heterocycles. The van der Waals surface area contributed by atoms with E-state index >= 15 is 0 Å². The van der Waals surface area contributed by atoms with Gasteiger partial charge in [0.2, 0.25) is 0 Å². The Morgan fingerprint density at radius 2 is 1.46 bits per heavy atom. The lowest BCUT2D eigenvalue weighted by atomic mass is 9.98. The van der Waals surface area contributed by atoms with Crippen molar-refractivity contribution in [2.75, 3.05) is 6.79 Å². The van der Waals surface area contributed by atoms with E-state index in [9.17, 15) is 4.79 Å². The topological polar surface area (TPSA) is 54.0 Å². The Kier molecular flexibility index (Phi) is 9.65. The Hall–Kier alpha value is -3.25. The van der Waals surface area contributed by atoms with E-state index in [1.165, 1.54) is 0 Å².